The molecule has 1 aliphatic rings. The first-order valence-electron chi connectivity index (χ1n) is 8.52. The molecule has 1 aromatic carbocycles. The van der Waals surface area contributed by atoms with Crippen molar-refractivity contribution >= 4 is 23.7 Å². The van der Waals surface area contributed by atoms with Crippen molar-refractivity contribution in [1.29, 1.82) is 5.26 Å². The molecule has 2 N–H and O–H groups in total. The van der Waals surface area contributed by atoms with E-state index < -0.39 is 6.04 Å². The van der Waals surface area contributed by atoms with Crippen molar-refractivity contribution in [3.63, 3.8) is 0 Å². The number of nitrogens with one attached hydrogen (secondary N) is 2. The topological polar surface area (TPSA) is 94.5 Å². The van der Waals surface area contributed by atoms with Gasteiger partial charge in [0, 0.05) is 24.6 Å². The highest BCUT2D eigenvalue weighted by Gasteiger charge is 2.24. The molecule has 7 nitrogen and oxygen atoms in total. The Morgan fingerprint density at radius 3 is 2.77 bits per heavy atom. The van der Waals surface area contributed by atoms with Gasteiger partial charge in [0.05, 0.1) is 19.3 Å². The van der Waals surface area contributed by atoms with Crippen molar-refractivity contribution in [3.8, 4) is 6.07 Å². The highest BCUT2D eigenvalue weighted by Crippen LogP contribution is 2.17. The van der Waals surface area contributed by atoms with E-state index in [-0.39, 0.29) is 18.5 Å². The van der Waals surface area contributed by atoms with E-state index in [1.807, 2.05) is 31.2 Å². The number of nitrogens with zero attached hydrogens (tertiary/aromatic N) is 2. The largest absolute Gasteiger partial charge is 0.378 e. The monoisotopic (exact) mass is 376 g/mol. The average Bonchev–Trinajstić information content (AvgIpc) is 2.67. The molecule has 1 heterocycles. The average molecular weight is 376 g/mol. The maximum atomic E-state index is 12.4. The van der Waals surface area contributed by atoms with Gasteiger partial charge >= 0.3 is 6.03 Å². The minimum atomic E-state index is -0.687. The Morgan fingerprint density at radius 1 is 1.35 bits per heavy atom. The van der Waals surface area contributed by atoms with Crippen LogP contribution in [0, 0.1) is 18.3 Å². The Labute approximate surface area is 158 Å². The van der Waals surface area contributed by atoms with Crippen molar-refractivity contribution in [2.24, 2.45) is 0 Å². The maximum absolute atomic E-state index is 12.4. The van der Waals surface area contributed by atoms with Crippen molar-refractivity contribution < 1.29 is 14.3 Å². The van der Waals surface area contributed by atoms with Crippen LogP contribution >= 0.6 is 11.8 Å². The highest BCUT2D eigenvalue weighted by atomic mass is 32.2. The minimum absolute atomic E-state index is 0.0782. The molecule has 1 saturated heterocycles. The van der Waals surface area contributed by atoms with Crippen LogP contribution in [0.5, 0.6) is 0 Å². The van der Waals surface area contributed by atoms with E-state index in [0.29, 0.717) is 32.1 Å². The predicted octanol–water partition coefficient (Wildman–Crippen LogP) is 1.28. The number of nitriles is 1. The summed E-state index contributed by atoms with van der Waals surface area (Å²) in [6.07, 6.45) is 0. The van der Waals surface area contributed by atoms with Gasteiger partial charge in [-0.3, -0.25) is 4.79 Å². The quantitative estimate of drug-likeness (QED) is 0.699. The molecule has 0 spiro atoms. The van der Waals surface area contributed by atoms with Crippen LogP contribution in [0.25, 0.3) is 0 Å². The number of carbonyl (C=O) groups is 2. The number of thioether (sulfide) groups is 1. The molecule has 1 aromatic rings. The summed E-state index contributed by atoms with van der Waals surface area (Å²) >= 11 is 1.58. The Balaban J connectivity index is 1.92. The van der Waals surface area contributed by atoms with Crippen LogP contribution in [0.15, 0.2) is 24.3 Å². The van der Waals surface area contributed by atoms with Gasteiger partial charge in [-0.25, -0.2) is 4.79 Å². The van der Waals surface area contributed by atoms with E-state index in [2.05, 4.69) is 16.7 Å². The Hall–Kier alpha value is -2.24. The van der Waals surface area contributed by atoms with Crippen molar-refractivity contribution in [2.75, 3.05) is 38.6 Å². The molecule has 1 unspecified atom stereocenters. The molecule has 2 rings (SSSR count). The van der Waals surface area contributed by atoms with E-state index in [1.54, 1.807) is 16.7 Å². The van der Waals surface area contributed by atoms with Crippen molar-refractivity contribution in [3.05, 3.63) is 35.4 Å². The molecule has 1 aliphatic heterocycles. The van der Waals surface area contributed by atoms with Gasteiger partial charge < -0.3 is 20.3 Å². The summed E-state index contributed by atoms with van der Waals surface area (Å²) in [5, 5.41) is 14.0. The number of ether oxygens (including phenoxy) is 1. The lowest BCUT2D eigenvalue weighted by Crippen LogP contribution is -2.54. The third-order valence-corrected chi connectivity index (χ3v) is 5.14. The summed E-state index contributed by atoms with van der Waals surface area (Å²) in [6.45, 7) is 3.99. The first kappa shape index (κ1) is 20.1. The van der Waals surface area contributed by atoms with Crippen LogP contribution in [0.2, 0.25) is 0 Å². The fourth-order valence-corrected chi connectivity index (χ4v) is 3.63. The standard InChI is InChI=1S/C18H24N4O3S/c1-14-4-2-3-5-15(14)12-26-13-16(17(23)20-7-6-19)21-18(24)22-8-10-25-11-9-22/h2-5,16H,7-13H2,1H3,(H,20,23)(H,21,24). The van der Waals surface area contributed by atoms with Gasteiger partial charge in [0.2, 0.25) is 5.91 Å². The molecule has 3 amide bonds. The van der Waals surface area contributed by atoms with Gasteiger partial charge in [0.1, 0.15) is 12.6 Å². The molecule has 8 heteroatoms. The van der Waals surface area contributed by atoms with Crippen LogP contribution in [-0.2, 0) is 15.3 Å². The molecular formula is C18H24N4O3S. The molecular weight excluding hydrogens is 352 g/mol. The first-order valence-corrected chi connectivity index (χ1v) is 9.67. The lowest BCUT2D eigenvalue weighted by Gasteiger charge is -2.29. The van der Waals surface area contributed by atoms with E-state index in [1.165, 1.54) is 11.1 Å². The van der Waals surface area contributed by atoms with E-state index in [0.717, 1.165) is 5.75 Å². The number of aryl methyl sites for hydroxylation is 1. The maximum Gasteiger partial charge on any atom is 0.318 e. The lowest BCUT2D eigenvalue weighted by atomic mass is 10.1. The zero-order valence-corrected chi connectivity index (χ0v) is 15.7. The Kier molecular flexibility index (Phi) is 8.25. The molecule has 1 atom stereocenters. The second-order valence-corrected chi connectivity index (χ2v) is 6.95. The summed E-state index contributed by atoms with van der Waals surface area (Å²) in [5.74, 6) is 0.842. The van der Waals surface area contributed by atoms with E-state index in [4.69, 9.17) is 10.00 Å². The fourth-order valence-electron chi connectivity index (χ4n) is 2.50. The molecule has 0 saturated carbocycles. The Morgan fingerprint density at radius 2 is 2.08 bits per heavy atom. The van der Waals surface area contributed by atoms with Gasteiger partial charge in [-0.05, 0) is 18.1 Å². The molecule has 140 valence electrons. The zero-order valence-electron chi connectivity index (χ0n) is 14.9. The van der Waals surface area contributed by atoms with Gasteiger partial charge in [-0.2, -0.15) is 17.0 Å². The molecule has 26 heavy (non-hydrogen) atoms. The zero-order chi connectivity index (χ0) is 18.8. The number of benzene rings is 1. The van der Waals surface area contributed by atoms with Crippen LogP contribution in [0.4, 0.5) is 4.79 Å². The second-order valence-electron chi connectivity index (χ2n) is 5.92. The summed E-state index contributed by atoms with van der Waals surface area (Å²) in [5.41, 5.74) is 2.40. The molecule has 0 aromatic heterocycles. The molecule has 0 aliphatic carbocycles. The highest BCUT2D eigenvalue weighted by molar-refractivity contribution is 7.98. The number of morpholine rings is 1. The van der Waals surface area contributed by atoms with Crippen molar-refractivity contribution in [2.45, 2.75) is 18.7 Å². The van der Waals surface area contributed by atoms with E-state index in [9.17, 15) is 9.59 Å². The smallest absolute Gasteiger partial charge is 0.318 e. The minimum Gasteiger partial charge on any atom is -0.378 e. The van der Waals surface area contributed by atoms with Gasteiger partial charge in [-0.1, -0.05) is 24.3 Å². The normalized spacial score (nSPS) is 15.0. The number of carbonyl (C=O) groups excluding carboxylic acids is 2. The van der Waals surface area contributed by atoms with Gasteiger partial charge in [0.25, 0.3) is 0 Å². The first-order chi connectivity index (χ1) is 12.6. The van der Waals surface area contributed by atoms with E-state index >= 15 is 0 Å². The third-order valence-electron chi connectivity index (χ3n) is 4.06. The summed E-state index contributed by atoms with van der Waals surface area (Å²) in [4.78, 5) is 26.3. The summed E-state index contributed by atoms with van der Waals surface area (Å²) < 4.78 is 5.24. The van der Waals surface area contributed by atoms with Gasteiger partial charge in [-0.15, -0.1) is 0 Å². The summed E-state index contributed by atoms with van der Waals surface area (Å²) in [6, 6.07) is 9.00. The Bertz CT molecular complexity index is 656. The van der Waals surface area contributed by atoms with Crippen LogP contribution < -0.4 is 10.6 Å². The molecule has 1 fully saturated rings. The third kappa shape index (κ3) is 6.24. The number of rotatable bonds is 7. The van der Waals surface area contributed by atoms with Gasteiger partial charge in [0.15, 0.2) is 0 Å². The lowest BCUT2D eigenvalue weighted by molar-refractivity contribution is -0.122. The number of urea groups is 1. The SMILES string of the molecule is Cc1ccccc1CSCC(NC(=O)N1CCOCC1)C(=O)NCC#N. The van der Waals surface area contributed by atoms with Crippen LogP contribution in [-0.4, -0.2) is 61.5 Å². The van der Waals surface area contributed by atoms with Crippen LogP contribution in [0.3, 0.4) is 0 Å². The number of hydrogen-bond donors (Lipinski definition) is 2. The number of amides is 3. The van der Waals surface area contributed by atoms with Crippen LogP contribution in [0.1, 0.15) is 11.1 Å². The molecule has 0 radical (unpaired) electrons. The summed E-state index contributed by atoms with van der Waals surface area (Å²) in [7, 11) is 0. The molecule has 0 bridgehead atoms. The second kappa shape index (κ2) is 10.7. The predicted molar refractivity (Wildman–Crippen MR) is 101 cm³/mol. The van der Waals surface area contributed by atoms with Crippen molar-refractivity contribution in [1.82, 2.24) is 15.5 Å². The fraction of sp³-hybridized carbons (Fsp3) is 0.500. The number of hydrogen-bond acceptors (Lipinski definition) is 5.